The summed E-state index contributed by atoms with van der Waals surface area (Å²) < 4.78 is 28.7. The molecule has 2 amide bonds. The van der Waals surface area contributed by atoms with Gasteiger partial charge in [-0.3, -0.25) is 0 Å². The Labute approximate surface area is 153 Å². The highest BCUT2D eigenvalue weighted by molar-refractivity contribution is 7.91. The third kappa shape index (κ3) is 5.23. The molecule has 3 rings (SSSR count). The summed E-state index contributed by atoms with van der Waals surface area (Å²) in [4.78, 5) is 12.1. The fraction of sp³-hybridized carbons (Fsp3) is 0.316. The first-order chi connectivity index (χ1) is 12.5. The van der Waals surface area contributed by atoms with Crippen molar-refractivity contribution in [3.8, 4) is 5.75 Å². The van der Waals surface area contributed by atoms with Crippen LogP contribution < -0.4 is 15.4 Å². The fourth-order valence-corrected chi connectivity index (χ4v) is 4.73. The topological polar surface area (TPSA) is 84.5 Å². The van der Waals surface area contributed by atoms with E-state index in [0.29, 0.717) is 31.0 Å². The number of anilines is 1. The van der Waals surface area contributed by atoms with Crippen molar-refractivity contribution in [3.05, 3.63) is 60.2 Å². The summed E-state index contributed by atoms with van der Waals surface area (Å²) in [5, 5.41) is 5.51. The van der Waals surface area contributed by atoms with Crippen LogP contribution in [0.5, 0.6) is 5.75 Å². The maximum Gasteiger partial charge on any atom is 0.319 e. The molecule has 1 atom stereocenters. The van der Waals surface area contributed by atoms with Crippen molar-refractivity contribution in [1.29, 1.82) is 0 Å². The van der Waals surface area contributed by atoms with Crippen molar-refractivity contribution < 1.29 is 17.9 Å². The van der Waals surface area contributed by atoms with E-state index in [4.69, 9.17) is 4.74 Å². The van der Waals surface area contributed by atoms with E-state index in [9.17, 15) is 13.2 Å². The third-order valence-electron chi connectivity index (χ3n) is 4.25. The maximum absolute atomic E-state index is 12.1. The van der Waals surface area contributed by atoms with Crippen molar-refractivity contribution in [2.24, 2.45) is 5.92 Å². The molecular formula is C19H22N2O4S. The van der Waals surface area contributed by atoms with Crippen LogP contribution in [0.2, 0.25) is 0 Å². The SMILES string of the molecule is O=C(NC[C@H]1CCS(=O)(=O)C1)Nc1ccccc1OCc1ccccc1. The molecule has 0 unspecified atom stereocenters. The Morgan fingerprint density at radius 1 is 1.08 bits per heavy atom. The normalized spacial score (nSPS) is 18.2. The van der Waals surface area contributed by atoms with Gasteiger partial charge < -0.3 is 15.4 Å². The highest BCUT2D eigenvalue weighted by Crippen LogP contribution is 2.25. The zero-order valence-corrected chi connectivity index (χ0v) is 15.2. The fourth-order valence-electron chi connectivity index (χ4n) is 2.87. The Morgan fingerprint density at radius 2 is 1.81 bits per heavy atom. The van der Waals surface area contributed by atoms with Gasteiger partial charge in [0, 0.05) is 6.54 Å². The number of urea groups is 1. The average molecular weight is 374 g/mol. The Morgan fingerprint density at radius 3 is 2.54 bits per heavy atom. The molecule has 0 spiro atoms. The van der Waals surface area contributed by atoms with Crippen LogP contribution in [0.1, 0.15) is 12.0 Å². The van der Waals surface area contributed by atoms with Gasteiger partial charge in [-0.1, -0.05) is 42.5 Å². The maximum atomic E-state index is 12.1. The molecule has 6 nitrogen and oxygen atoms in total. The summed E-state index contributed by atoms with van der Waals surface area (Å²) in [6, 6.07) is 16.6. The molecule has 0 aliphatic carbocycles. The second-order valence-electron chi connectivity index (χ2n) is 6.37. The van der Waals surface area contributed by atoms with Crippen LogP contribution in [-0.2, 0) is 16.4 Å². The number of carbonyl (C=O) groups is 1. The molecule has 1 saturated heterocycles. The number of benzene rings is 2. The van der Waals surface area contributed by atoms with E-state index in [0.717, 1.165) is 5.56 Å². The first kappa shape index (κ1) is 18.3. The molecule has 26 heavy (non-hydrogen) atoms. The Hall–Kier alpha value is -2.54. The van der Waals surface area contributed by atoms with Gasteiger partial charge >= 0.3 is 6.03 Å². The highest BCUT2D eigenvalue weighted by atomic mass is 32.2. The summed E-state index contributed by atoms with van der Waals surface area (Å²) in [5.41, 5.74) is 1.61. The van der Waals surface area contributed by atoms with E-state index in [2.05, 4.69) is 10.6 Å². The van der Waals surface area contributed by atoms with E-state index >= 15 is 0 Å². The molecule has 1 fully saturated rings. The standard InChI is InChI=1S/C19H22N2O4S/c22-19(20-12-16-10-11-26(23,24)14-16)21-17-8-4-5-9-18(17)25-13-15-6-2-1-3-7-15/h1-9,16H,10-14H2,(H2,20,21,22)/t16-/m1/s1. The molecule has 2 N–H and O–H groups in total. The van der Waals surface area contributed by atoms with Crippen LogP contribution in [0.3, 0.4) is 0 Å². The van der Waals surface area contributed by atoms with Crippen LogP contribution in [-0.4, -0.2) is 32.5 Å². The first-order valence-electron chi connectivity index (χ1n) is 8.53. The van der Waals surface area contributed by atoms with Gasteiger partial charge in [-0.05, 0) is 30.0 Å². The zero-order valence-electron chi connectivity index (χ0n) is 14.4. The van der Waals surface area contributed by atoms with Gasteiger partial charge in [-0.2, -0.15) is 0 Å². The molecule has 2 aromatic carbocycles. The molecule has 0 bridgehead atoms. The lowest BCUT2D eigenvalue weighted by molar-refractivity contribution is 0.250. The van der Waals surface area contributed by atoms with Gasteiger partial charge in [-0.15, -0.1) is 0 Å². The molecule has 1 aliphatic heterocycles. The van der Waals surface area contributed by atoms with E-state index in [1.54, 1.807) is 12.1 Å². The number of carbonyl (C=O) groups excluding carboxylic acids is 1. The lowest BCUT2D eigenvalue weighted by Gasteiger charge is -2.14. The molecule has 7 heteroatoms. The molecule has 2 aromatic rings. The second-order valence-corrected chi connectivity index (χ2v) is 8.60. The minimum Gasteiger partial charge on any atom is -0.487 e. The predicted molar refractivity (Wildman–Crippen MR) is 101 cm³/mol. The molecule has 1 heterocycles. The third-order valence-corrected chi connectivity index (χ3v) is 6.09. The zero-order chi connectivity index (χ0) is 18.4. The number of hydrogen-bond donors (Lipinski definition) is 2. The average Bonchev–Trinajstić information content (AvgIpc) is 2.99. The molecule has 0 saturated carbocycles. The monoisotopic (exact) mass is 374 g/mol. The number of nitrogens with one attached hydrogen (secondary N) is 2. The van der Waals surface area contributed by atoms with Crippen molar-refractivity contribution in [2.45, 2.75) is 13.0 Å². The summed E-state index contributed by atoms with van der Waals surface area (Å²) in [5.74, 6) is 0.909. The van der Waals surface area contributed by atoms with Crippen LogP contribution in [0.25, 0.3) is 0 Å². The number of amides is 2. The van der Waals surface area contributed by atoms with Gasteiger partial charge in [0.15, 0.2) is 9.84 Å². The van der Waals surface area contributed by atoms with Crippen molar-refractivity contribution in [1.82, 2.24) is 5.32 Å². The van der Waals surface area contributed by atoms with Crippen LogP contribution in [0.15, 0.2) is 54.6 Å². The van der Waals surface area contributed by atoms with E-state index in [1.165, 1.54) is 0 Å². The van der Waals surface area contributed by atoms with Crippen LogP contribution >= 0.6 is 0 Å². The lowest BCUT2D eigenvalue weighted by Crippen LogP contribution is -2.33. The number of rotatable bonds is 6. The summed E-state index contributed by atoms with van der Waals surface area (Å²) in [6.45, 7) is 0.749. The number of ether oxygens (including phenoxy) is 1. The van der Waals surface area contributed by atoms with Crippen molar-refractivity contribution in [2.75, 3.05) is 23.4 Å². The quantitative estimate of drug-likeness (QED) is 0.814. The first-order valence-corrected chi connectivity index (χ1v) is 10.3. The summed E-state index contributed by atoms with van der Waals surface area (Å²) in [7, 11) is -2.93. The largest absolute Gasteiger partial charge is 0.487 e. The van der Waals surface area contributed by atoms with E-state index < -0.39 is 9.84 Å². The van der Waals surface area contributed by atoms with Gasteiger partial charge in [0.2, 0.25) is 0 Å². The summed E-state index contributed by atoms with van der Waals surface area (Å²) in [6.07, 6.45) is 0.597. The Bertz CT molecular complexity index is 853. The van der Waals surface area contributed by atoms with Gasteiger partial charge in [0.25, 0.3) is 0 Å². The number of hydrogen-bond acceptors (Lipinski definition) is 4. The van der Waals surface area contributed by atoms with E-state index in [-0.39, 0.29) is 23.5 Å². The molecular weight excluding hydrogens is 352 g/mol. The van der Waals surface area contributed by atoms with Crippen LogP contribution in [0.4, 0.5) is 10.5 Å². The minimum absolute atomic E-state index is 0.0182. The lowest BCUT2D eigenvalue weighted by atomic mass is 10.1. The van der Waals surface area contributed by atoms with Crippen LogP contribution in [0, 0.1) is 5.92 Å². The molecule has 0 aromatic heterocycles. The Balaban J connectivity index is 1.53. The second kappa shape index (κ2) is 8.23. The minimum atomic E-state index is -2.93. The van der Waals surface area contributed by atoms with Crippen molar-refractivity contribution in [3.63, 3.8) is 0 Å². The van der Waals surface area contributed by atoms with Crippen molar-refractivity contribution >= 4 is 21.6 Å². The highest BCUT2D eigenvalue weighted by Gasteiger charge is 2.27. The number of para-hydroxylation sites is 2. The molecule has 138 valence electrons. The molecule has 1 aliphatic rings. The van der Waals surface area contributed by atoms with E-state index in [1.807, 2.05) is 42.5 Å². The smallest absolute Gasteiger partial charge is 0.319 e. The Kier molecular flexibility index (Phi) is 5.78. The summed E-state index contributed by atoms with van der Waals surface area (Å²) >= 11 is 0. The van der Waals surface area contributed by atoms with Gasteiger partial charge in [0.05, 0.1) is 17.2 Å². The van der Waals surface area contributed by atoms with Gasteiger partial charge in [0.1, 0.15) is 12.4 Å². The molecule has 0 radical (unpaired) electrons. The number of sulfone groups is 1. The van der Waals surface area contributed by atoms with Gasteiger partial charge in [-0.25, -0.2) is 13.2 Å². The predicted octanol–water partition coefficient (Wildman–Crippen LogP) is 2.82.